The van der Waals surface area contributed by atoms with Crippen molar-refractivity contribution in [3.63, 3.8) is 0 Å². The summed E-state index contributed by atoms with van der Waals surface area (Å²) >= 11 is 0. The molecule has 0 radical (unpaired) electrons. The number of rotatable bonds is 4. The van der Waals surface area contributed by atoms with Crippen molar-refractivity contribution in [2.24, 2.45) is 0 Å². The van der Waals surface area contributed by atoms with Crippen molar-refractivity contribution in [3.05, 3.63) is 58.1 Å². The van der Waals surface area contributed by atoms with Crippen molar-refractivity contribution in [3.8, 4) is 0 Å². The van der Waals surface area contributed by atoms with Gasteiger partial charge in [0.25, 0.3) is 5.91 Å². The molecule has 0 unspecified atom stereocenters. The second kappa shape index (κ2) is 8.16. The molecular weight excluding hydrogens is 388 g/mol. The van der Waals surface area contributed by atoms with E-state index in [0.717, 1.165) is 34.2 Å². The van der Waals surface area contributed by atoms with Crippen LogP contribution in [0.3, 0.4) is 0 Å². The Morgan fingerprint density at radius 3 is 2.07 bits per heavy atom. The molecule has 2 aromatic carbocycles. The minimum atomic E-state index is -3.36. The number of hydrogen-bond donors (Lipinski definition) is 1. The van der Waals surface area contributed by atoms with Gasteiger partial charge in [-0.2, -0.15) is 0 Å². The van der Waals surface area contributed by atoms with E-state index >= 15 is 0 Å². The number of anilines is 1. The fraction of sp³-hybridized carbons (Fsp3) is 0.409. The van der Waals surface area contributed by atoms with Crippen LogP contribution in [0, 0.1) is 20.8 Å². The van der Waals surface area contributed by atoms with E-state index in [1.807, 2.05) is 20.8 Å². The first-order valence-corrected chi connectivity index (χ1v) is 11.6. The van der Waals surface area contributed by atoms with E-state index in [1.165, 1.54) is 6.07 Å². The predicted octanol–water partition coefficient (Wildman–Crippen LogP) is 2.47. The Morgan fingerprint density at radius 1 is 0.966 bits per heavy atom. The van der Waals surface area contributed by atoms with Crippen LogP contribution in [0.2, 0.25) is 0 Å². The van der Waals surface area contributed by atoms with Crippen molar-refractivity contribution in [2.75, 3.05) is 37.3 Å². The lowest BCUT2D eigenvalue weighted by atomic mass is 10.0. The Morgan fingerprint density at radius 2 is 1.55 bits per heavy atom. The molecular formula is C22H28N2O4S. The predicted molar refractivity (Wildman–Crippen MR) is 114 cm³/mol. The summed E-state index contributed by atoms with van der Waals surface area (Å²) in [4.78, 5) is 17.2. The molecule has 7 heteroatoms. The summed E-state index contributed by atoms with van der Waals surface area (Å²) in [5, 5.41) is 9.50. The van der Waals surface area contributed by atoms with E-state index in [4.69, 9.17) is 0 Å². The molecule has 1 aliphatic rings. The third-order valence-corrected chi connectivity index (χ3v) is 6.75. The van der Waals surface area contributed by atoms with E-state index < -0.39 is 9.84 Å². The number of aliphatic hydroxyl groups is 1. The number of nitrogens with zero attached hydrogens (tertiary/aromatic N) is 2. The Balaban J connectivity index is 1.75. The molecule has 2 aromatic rings. The lowest BCUT2D eigenvalue weighted by molar-refractivity contribution is 0.0745. The fourth-order valence-corrected chi connectivity index (χ4v) is 4.45. The Bertz CT molecular complexity index is 1020. The number of aliphatic hydroxyl groups excluding tert-OH is 1. The van der Waals surface area contributed by atoms with E-state index in [1.54, 1.807) is 17.0 Å². The molecule has 1 aliphatic heterocycles. The number of sulfone groups is 1. The SMILES string of the molecule is Cc1ccc(S(C)(=O)=O)cc1C(=O)N1CCN(c2cc(C)c(CO)c(C)c2)CC1. The summed E-state index contributed by atoms with van der Waals surface area (Å²) in [7, 11) is -3.36. The summed E-state index contributed by atoms with van der Waals surface area (Å²) < 4.78 is 23.7. The first-order chi connectivity index (χ1) is 13.6. The largest absolute Gasteiger partial charge is 0.392 e. The topological polar surface area (TPSA) is 77.9 Å². The van der Waals surface area contributed by atoms with Crippen LogP contribution in [0.25, 0.3) is 0 Å². The van der Waals surface area contributed by atoms with Crippen LogP contribution in [0.15, 0.2) is 35.2 Å². The first-order valence-electron chi connectivity index (χ1n) is 9.67. The molecule has 1 saturated heterocycles. The maximum Gasteiger partial charge on any atom is 0.254 e. The highest BCUT2D eigenvalue weighted by Crippen LogP contribution is 2.25. The number of piperazine rings is 1. The zero-order valence-electron chi connectivity index (χ0n) is 17.4. The van der Waals surface area contributed by atoms with Crippen molar-refractivity contribution in [2.45, 2.75) is 32.3 Å². The molecule has 156 valence electrons. The van der Waals surface area contributed by atoms with Gasteiger partial charge in [-0.05, 0) is 67.3 Å². The standard InChI is InChI=1S/C22H28N2O4S/c1-15-5-6-19(29(4,27)28)13-20(15)22(26)24-9-7-23(8-10-24)18-11-16(2)21(14-25)17(3)12-18/h5-6,11-13,25H,7-10,14H2,1-4H3. The molecule has 0 saturated carbocycles. The van der Waals surface area contributed by atoms with Gasteiger partial charge in [0.15, 0.2) is 9.84 Å². The highest BCUT2D eigenvalue weighted by atomic mass is 32.2. The zero-order valence-corrected chi connectivity index (χ0v) is 18.2. The van der Waals surface area contributed by atoms with Gasteiger partial charge in [-0.25, -0.2) is 8.42 Å². The minimum absolute atomic E-state index is 0.0339. The molecule has 1 N–H and O–H groups in total. The quantitative estimate of drug-likeness (QED) is 0.829. The maximum atomic E-state index is 13.0. The molecule has 29 heavy (non-hydrogen) atoms. The molecule has 1 amide bonds. The third kappa shape index (κ3) is 4.46. The summed E-state index contributed by atoms with van der Waals surface area (Å²) in [5.74, 6) is -0.129. The van der Waals surface area contributed by atoms with Gasteiger partial charge in [0.1, 0.15) is 0 Å². The number of carbonyl (C=O) groups excluding carboxylic acids is 1. The summed E-state index contributed by atoms with van der Waals surface area (Å²) in [6.45, 7) is 8.40. The summed E-state index contributed by atoms with van der Waals surface area (Å²) in [6.07, 6.45) is 1.15. The van der Waals surface area contributed by atoms with Gasteiger partial charge >= 0.3 is 0 Å². The van der Waals surface area contributed by atoms with Gasteiger partial charge in [-0.15, -0.1) is 0 Å². The molecule has 1 heterocycles. The van der Waals surface area contributed by atoms with Crippen molar-refractivity contribution >= 4 is 21.4 Å². The molecule has 0 aromatic heterocycles. The van der Waals surface area contributed by atoms with Crippen LogP contribution in [-0.4, -0.2) is 56.8 Å². The second-order valence-electron chi connectivity index (χ2n) is 7.74. The number of aryl methyl sites for hydroxylation is 3. The van der Waals surface area contributed by atoms with Crippen LogP contribution in [0.1, 0.15) is 32.6 Å². The normalized spacial score (nSPS) is 14.9. The van der Waals surface area contributed by atoms with E-state index in [-0.39, 0.29) is 17.4 Å². The lowest BCUT2D eigenvalue weighted by Crippen LogP contribution is -2.49. The molecule has 3 rings (SSSR count). The average Bonchev–Trinajstić information content (AvgIpc) is 2.67. The number of carbonyl (C=O) groups is 1. The van der Waals surface area contributed by atoms with Crippen molar-refractivity contribution < 1.29 is 18.3 Å². The Kier molecular flexibility index (Phi) is 6.00. The number of amides is 1. The summed E-state index contributed by atoms with van der Waals surface area (Å²) in [6, 6.07) is 8.87. The van der Waals surface area contributed by atoms with Crippen LogP contribution in [-0.2, 0) is 16.4 Å². The number of benzene rings is 2. The molecule has 1 fully saturated rings. The Hall–Kier alpha value is -2.38. The third-order valence-electron chi connectivity index (χ3n) is 5.64. The van der Waals surface area contributed by atoms with Crippen LogP contribution >= 0.6 is 0 Å². The summed E-state index contributed by atoms with van der Waals surface area (Å²) in [5.41, 5.74) is 5.41. The van der Waals surface area contributed by atoms with Gasteiger partial charge in [0.2, 0.25) is 0 Å². The van der Waals surface area contributed by atoms with Gasteiger partial charge < -0.3 is 14.9 Å². The van der Waals surface area contributed by atoms with Crippen molar-refractivity contribution in [1.82, 2.24) is 4.90 Å². The van der Waals surface area contributed by atoms with Crippen LogP contribution in [0.5, 0.6) is 0 Å². The van der Waals surface area contributed by atoms with Crippen LogP contribution in [0.4, 0.5) is 5.69 Å². The smallest absolute Gasteiger partial charge is 0.254 e. The molecule has 0 atom stereocenters. The second-order valence-corrected chi connectivity index (χ2v) is 9.76. The number of hydrogen-bond acceptors (Lipinski definition) is 5. The lowest BCUT2D eigenvalue weighted by Gasteiger charge is -2.37. The fourth-order valence-electron chi connectivity index (χ4n) is 3.80. The monoisotopic (exact) mass is 416 g/mol. The highest BCUT2D eigenvalue weighted by molar-refractivity contribution is 7.90. The Labute approximate surface area is 172 Å². The average molecular weight is 417 g/mol. The van der Waals surface area contributed by atoms with Crippen LogP contribution < -0.4 is 4.90 Å². The van der Waals surface area contributed by atoms with Gasteiger partial charge in [-0.3, -0.25) is 4.79 Å². The molecule has 6 nitrogen and oxygen atoms in total. The van der Waals surface area contributed by atoms with Gasteiger partial charge in [0.05, 0.1) is 11.5 Å². The molecule has 0 spiro atoms. The van der Waals surface area contributed by atoms with E-state index in [2.05, 4.69) is 17.0 Å². The molecule has 0 bridgehead atoms. The minimum Gasteiger partial charge on any atom is -0.392 e. The maximum absolute atomic E-state index is 13.0. The first kappa shape index (κ1) is 21.3. The van der Waals surface area contributed by atoms with E-state index in [9.17, 15) is 18.3 Å². The molecule has 0 aliphatic carbocycles. The van der Waals surface area contributed by atoms with E-state index in [0.29, 0.717) is 31.7 Å². The van der Waals surface area contributed by atoms with Gasteiger partial charge in [0, 0.05) is 43.7 Å². The van der Waals surface area contributed by atoms with Gasteiger partial charge in [-0.1, -0.05) is 6.07 Å². The highest BCUT2D eigenvalue weighted by Gasteiger charge is 2.25. The van der Waals surface area contributed by atoms with Crippen molar-refractivity contribution in [1.29, 1.82) is 0 Å². The zero-order chi connectivity index (χ0) is 21.3.